The van der Waals surface area contributed by atoms with Gasteiger partial charge in [-0.15, -0.1) is 0 Å². The van der Waals surface area contributed by atoms with Crippen molar-refractivity contribution in [3.63, 3.8) is 0 Å². The van der Waals surface area contributed by atoms with Crippen LogP contribution in [0.25, 0.3) is 0 Å². The zero-order valence-electron chi connectivity index (χ0n) is 16.7. The molecule has 1 aromatic heterocycles. The first-order chi connectivity index (χ1) is 13.0. The average Bonchev–Trinajstić information content (AvgIpc) is 2.98. The highest BCUT2D eigenvalue weighted by Crippen LogP contribution is 2.32. The van der Waals surface area contributed by atoms with Crippen LogP contribution in [-0.4, -0.2) is 43.1 Å². The molecule has 3 N–H and O–H groups in total. The van der Waals surface area contributed by atoms with Crippen LogP contribution in [-0.2, 0) is 9.84 Å². The lowest BCUT2D eigenvalue weighted by Crippen LogP contribution is -2.39. The van der Waals surface area contributed by atoms with Gasteiger partial charge in [0.25, 0.3) is 0 Å². The van der Waals surface area contributed by atoms with E-state index in [9.17, 15) is 13.2 Å². The van der Waals surface area contributed by atoms with E-state index >= 15 is 0 Å². The highest BCUT2D eigenvalue weighted by atomic mass is 32.2. The summed E-state index contributed by atoms with van der Waals surface area (Å²) >= 11 is 0. The van der Waals surface area contributed by atoms with Crippen LogP contribution in [0.15, 0.2) is 28.8 Å². The van der Waals surface area contributed by atoms with Crippen molar-refractivity contribution in [2.45, 2.75) is 33.7 Å². The summed E-state index contributed by atoms with van der Waals surface area (Å²) in [5, 5.41) is 12.5. The van der Waals surface area contributed by atoms with E-state index in [0.717, 1.165) is 0 Å². The largest absolute Gasteiger partial charge is 0.382 e. The van der Waals surface area contributed by atoms with E-state index in [2.05, 4.69) is 26.1 Å². The molecule has 2 amide bonds. The standard InChI is InChI=1S/C18H27N5O4S/c1-12-20-16(27-23-12)15(18(2,3)4)22-17(24)21-14-9-7-6-8-13(14)19-10-11-28(5,25)26/h6-9,15,19H,10-11H2,1-5H3,(H2,21,22,24)/t15-/m1/s1. The van der Waals surface area contributed by atoms with Gasteiger partial charge in [-0.2, -0.15) is 4.98 Å². The van der Waals surface area contributed by atoms with Gasteiger partial charge in [0.05, 0.1) is 17.1 Å². The van der Waals surface area contributed by atoms with E-state index < -0.39 is 21.9 Å². The summed E-state index contributed by atoms with van der Waals surface area (Å²) in [4.78, 5) is 16.8. The number of nitrogens with zero attached hydrogens (tertiary/aromatic N) is 2. The molecule has 0 unspecified atom stereocenters. The van der Waals surface area contributed by atoms with Gasteiger partial charge in [-0.3, -0.25) is 0 Å². The predicted octanol–water partition coefficient (Wildman–Crippen LogP) is 2.74. The first kappa shape index (κ1) is 21.7. The number of benzene rings is 1. The van der Waals surface area contributed by atoms with E-state index in [4.69, 9.17) is 4.52 Å². The van der Waals surface area contributed by atoms with Gasteiger partial charge in [-0.25, -0.2) is 13.2 Å². The minimum absolute atomic E-state index is 0.00383. The Labute approximate surface area is 165 Å². The molecule has 10 heteroatoms. The number of carbonyl (C=O) groups is 1. The number of rotatable bonds is 7. The molecule has 0 aliphatic heterocycles. The molecule has 0 radical (unpaired) electrons. The lowest BCUT2D eigenvalue weighted by atomic mass is 9.86. The van der Waals surface area contributed by atoms with Crippen LogP contribution in [0.2, 0.25) is 0 Å². The van der Waals surface area contributed by atoms with E-state index in [1.807, 2.05) is 20.8 Å². The van der Waals surface area contributed by atoms with Crippen LogP contribution >= 0.6 is 0 Å². The first-order valence-corrected chi connectivity index (χ1v) is 10.9. The predicted molar refractivity (Wildman–Crippen MR) is 108 cm³/mol. The van der Waals surface area contributed by atoms with Crippen LogP contribution in [0.1, 0.15) is 38.5 Å². The summed E-state index contributed by atoms with van der Waals surface area (Å²) in [6.07, 6.45) is 1.18. The second-order valence-electron chi connectivity index (χ2n) is 7.68. The van der Waals surface area contributed by atoms with Gasteiger partial charge in [0.2, 0.25) is 5.89 Å². The summed E-state index contributed by atoms with van der Waals surface area (Å²) in [5.74, 6) is 0.822. The van der Waals surface area contributed by atoms with Crippen molar-refractivity contribution in [1.82, 2.24) is 15.5 Å². The molecule has 0 fully saturated rings. The fraction of sp³-hybridized carbons (Fsp3) is 0.500. The van der Waals surface area contributed by atoms with Gasteiger partial charge >= 0.3 is 6.03 Å². The number of hydrogen-bond acceptors (Lipinski definition) is 7. The number of carbonyl (C=O) groups excluding carboxylic acids is 1. The third kappa shape index (κ3) is 6.52. The third-order valence-electron chi connectivity index (χ3n) is 3.90. The number of aromatic nitrogens is 2. The summed E-state index contributed by atoms with van der Waals surface area (Å²) in [6.45, 7) is 7.82. The lowest BCUT2D eigenvalue weighted by Gasteiger charge is -2.28. The SMILES string of the molecule is Cc1noc([C@@H](NC(=O)Nc2ccccc2NCCS(C)(=O)=O)C(C)(C)C)n1. The Morgan fingerprint density at radius 1 is 1.21 bits per heavy atom. The van der Waals surface area contributed by atoms with Crippen molar-refractivity contribution in [2.24, 2.45) is 5.41 Å². The fourth-order valence-electron chi connectivity index (χ4n) is 2.49. The molecule has 28 heavy (non-hydrogen) atoms. The molecule has 9 nitrogen and oxygen atoms in total. The Balaban J connectivity index is 2.09. The number of urea groups is 1. The van der Waals surface area contributed by atoms with Crippen LogP contribution in [0.4, 0.5) is 16.2 Å². The van der Waals surface area contributed by atoms with Crippen LogP contribution in [0.5, 0.6) is 0 Å². The van der Waals surface area contributed by atoms with E-state index in [-0.39, 0.29) is 17.7 Å². The zero-order chi connectivity index (χ0) is 20.9. The molecular weight excluding hydrogens is 382 g/mol. The number of para-hydroxylation sites is 2. The lowest BCUT2D eigenvalue weighted by molar-refractivity contribution is 0.204. The van der Waals surface area contributed by atoms with E-state index in [1.165, 1.54) is 6.26 Å². The van der Waals surface area contributed by atoms with Crippen LogP contribution in [0.3, 0.4) is 0 Å². The number of aryl methyl sites for hydroxylation is 1. The second-order valence-corrected chi connectivity index (χ2v) is 9.94. The first-order valence-electron chi connectivity index (χ1n) is 8.84. The molecule has 1 heterocycles. The maximum absolute atomic E-state index is 12.6. The van der Waals surface area contributed by atoms with Gasteiger partial charge < -0.3 is 20.5 Å². The highest BCUT2D eigenvalue weighted by Gasteiger charge is 2.32. The number of anilines is 2. The summed E-state index contributed by atoms with van der Waals surface area (Å²) in [6, 6.07) is 6.14. The van der Waals surface area contributed by atoms with Crippen molar-refractivity contribution in [3.8, 4) is 0 Å². The summed E-state index contributed by atoms with van der Waals surface area (Å²) in [5.41, 5.74) is 0.800. The van der Waals surface area contributed by atoms with Gasteiger partial charge in [-0.1, -0.05) is 38.1 Å². The Hall–Kier alpha value is -2.62. The molecule has 1 aromatic carbocycles. The third-order valence-corrected chi connectivity index (χ3v) is 4.84. The molecule has 0 spiro atoms. The molecule has 0 saturated heterocycles. The minimum atomic E-state index is -3.08. The zero-order valence-corrected chi connectivity index (χ0v) is 17.6. The number of nitrogens with one attached hydrogen (secondary N) is 3. The van der Waals surface area contributed by atoms with E-state index in [0.29, 0.717) is 23.1 Å². The minimum Gasteiger partial charge on any atom is -0.382 e. The molecule has 2 rings (SSSR count). The van der Waals surface area contributed by atoms with Crippen molar-refractivity contribution in [1.29, 1.82) is 0 Å². The normalized spacial score (nSPS) is 13.0. The number of amides is 2. The molecule has 0 aliphatic carbocycles. The Kier molecular flexibility index (Phi) is 6.65. The van der Waals surface area contributed by atoms with Gasteiger partial charge in [-0.05, 0) is 24.5 Å². The molecular formula is C18H27N5O4S. The van der Waals surface area contributed by atoms with Crippen molar-refractivity contribution < 1.29 is 17.7 Å². The van der Waals surface area contributed by atoms with E-state index in [1.54, 1.807) is 31.2 Å². The van der Waals surface area contributed by atoms with Crippen molar-refractivity contribution in [3.05, 3.63) is 36.0 Å². The smallest absolute Gasteiger partial charge is 0.319 e. The maximum atomic E-state index is 12.6. The highest BCUT2D eigenvalue weighted by molar-refractivity contribution is 7.90. The summed E-state index contributed by atoms with van der Waals surface area (Å²) < 4.78 is 27.8. The number of hydrogen-bond donors (Lipinski definition) is 3. The fourth-order valence-corrected chi connectivity index (χ4v) is 2.96. The topological polar surface area (TPSA) is 126 Å². The Bertz CT molecular complexity index is 918. The Morgan fingerprint density at radius 3 is 2.39 bits per heavy atom. The Morgan fingerprint density at radius 2 is 1.86 bits per heavy atom. The quantitative estimate of drug-likeness (QED) is 0.642. The molecule has 1 atom stereocenters. The molecule has 0 saturated carbocycles. The maximum Gasteiger partial charge on any atom is 0.319 e. The van der Waals surface area contributed by atoms with Gasteiger partial charge in [0.1, 0.15) is 15.9 Å². The monoisotopic (exact) mass is 409 g/mol. The van der Waals surface area contributed by atoms with Crippen LogP contribution in [0, 0.1) is 12.3 Å². The molecule has 0 aliphatic rings. The second kappa shape index (κ2) is 8.59. The number of sulfone groups is 1. The van der Waals surface area contributed by atoms with Gasteiger partial charge in [0, 0.05) is 12.8 Å². The molecule has 0 bridgehead atoms. The van der Waals surface area contributed by atoms with Crippen molar-refractivity contribution in [2.75, 3.05) is 29.2 Å². The van der Waals surface area contributed by atoms with Gasteiger partial charge in [0.15, 0.2) is 5.82 Å². The molecule has 154 valence electrons. The van der Waals surface area contributed by atoms with Crippen molar-refractivity contribution >= 4 is 27.2 Å². The molecule has 2 aromatic rings. The average molecular weight is 410 g/mol. The van der Waals surface area contributed by atoms with Crippen LogP contribution < -0.4 is 16.0 Å². The summed E-state index contributed by atoms with van der Waals surface area (Å²) in [7, 11) is -3.08.